The molecule has 3 heteroatoms. The van der Waals surface area contributed by atoms with Crippen LogP contribution in [0.2, 0.25) is 0 Å². The molecule has 0 bridgehead atoms. The van der Waals surface area contributed by atoms with E-state index in [0.717, 1.165) is 17.7 Å². The van der Waals surface area contributed by atoms with Crippen LogP contribution in [-0.4, -0.2) is 13.7 Å². The fourth-order valence-electron chi connectivity index (χ4n) is 1.53. The maximum atomic E-state index is 6.13. The first-order valence-corrected chi connectivity index (χ1v) is 5.21. The van der Waals surface area contributed by atoms with Gasteiger partial charge in [0.15, 0.2) is 0 Å². The van der Waals surface area contributed by atoms with Gasteiger partial charge in [0, 0.05) is 12.1 Å². The first-order chi connectivity index (χ1) is 7.05. The maximum absolute atomic E-state index is 6.13. The number of hydrogen-bond donors (Lipinski definition) is 2. The van der Waals surface area contributed by atoms with Crippen molar-refractivity contribution in [2.24, 2.45) is 11.5 Å². The number of hydrogen-bond acceptors (Lipinski definition) is 3. The highest BCUT2D eigenvalue weighted by Crippen LogP contribution is 2.28. The standard InChI is InChI=1S/C12H20N2O/c1-4-9-5-6-11(15-3)10(7-9)12(2,14)8-13/h5-7H,4,8,13-14H2,1-3H3. The van der Waals surface area contributed by atoms with Crippen LogP contribution < -0.4 is 16.2 Å². The average molecular weight is 208 g/mol. The van der Waals surface area contributed by atoms with E-state index in [9.17, 15) is 0 Å². The number of ether oxygens (including phenoxy) is 1. The van der Waals surface area contributed by atoms with Crippen molar-refractivity contribution >= 4 is 0 Å². The topological polar surface area (TPSA) is 61.3 Å². The molecule has 0 aliphatic heterocycles. The fourth-order valence-corrected chi connectivity index (χ4v) is 1.53. The van der Waals surface area contributed by atoms with Crippen LogP contribution in [0, 0.1) is 0 Å². The first kappa shape index (κ1) is 12.0. The van der Waals surface area contributed by atoms with Gasteiger partial charge in [0.2, 0.25) is 0 Å². The Morgan fingerprint density at radius 2 is 2.07 bits per heavy atom. The summed E-state index contributed by atoms with van der Waals surface area (Å²) in [4.78, 5) is 0. The Hall–Kier alpha value is -1.06. The second-order valence-electron chi connectivity index (χ2n) is 4.01. The van der Waals surface area contributed by atoms with Crippen molar-refractivity contribution in [3.05, 3.63) is 29.3 Å². The monoisotopic (exact) mass is 208 g/mol. The molecule has 0 spiro atoms. The normalized spacial score (nSPS) is 14.7. The smallest absolute Gasteiger partial charge is 0.123 e. The molecule has 1 rings (SSSR count). The van der Waals surface area contributed by atoms with Gasteiger partial charge in [0.25, 0.3) is 0 Å². The van der Waals surface area contributed by atoms with Crippen LogP contribution >= 0.6 is 0 Å². The zero-order chi connectivity index (χ0) is 11.5. The van der Waals surface area contributed by atoms with Gasteiger partial charge in [-0.25, -0.2) is 0 Å². The Balaban J connectivity index is 3.23. The zero-order valence-electron chi connectivity index (χ0n) is 9.71. The van der Waals surface area contributed by atoms with Gasteiger partial charge in [-0.3, -0.25) is 0 Å². The van der Waals surface area contributed by atoms with Crippen LogP contribution in [0.3, 0.4) is 0 Å². The van der Waals surface area contributed by atoms with Crippen LogP contribution in [0.4, 0.5) is 0 Å². The van der Waals surface area contributed by atoms with E-state index in [4.69, 9.17) is 16.2 Å². The third kappa shape index (κ3) is 2.49. The number of nitrogens with two attached hydrogens (primary N) is 2. The molecule has 0 heterocycles. The van der Waals surface area contributed by atoms with Crippen molar-refractivity contribution in [2.45, 2.75) is 25.8 Å². The predicted octanol–water partition coefficient (Wildman–Crippen LogP) is 1.39. The highest BCUT2D eigenvalue weighted by atomic mass is 16.5. The van der Waals surface area contributed by atoms with Gasteiger partial charge in [-0.2, -0.15) is 0 Å². The number of benzene rings is 1. The minimum Gasteiger partial charge on any atom is -0.496 e. The Morgan fingerprint density at radius 3 is 2.53 bits per heavy atom. The van der Waals surface area contributed by atoms with Crippen LogP contribution in [0.5, 0.6) is 5.75 Å². The molecule has 1 aromatic rings. The number of rotatable bonds is 4. The van der Waals surface area contributed by atoms with Crippen molar-refractivity contribution in [2.75, 3.05) is 13.7 Å². The lowest BCUT2D eigenvalue weighted by Gasteiger charge is -2.25. The van der Waals surface area contributed by atoms with Gasteiger partial charge in [-0.15, -0.1) is 0 Å². The molecule has 1 atom stereocenters. The Kier molecular flexibility index (Phi) is 3.72. The molecular weight excluding hydrogens is 188 g/mol. The number of methoxy groups -OCH3 is 1. The molecule has 0 amide bonds. The van der Waals surface area contributed by atoms with Crippen LogP contribution in [-0.2, 0) is 12.0 Å². The van der Waals surface area contributed by atoms with Crippen molar-refractivity contribution in [3.63, 3.8) is 0 Å². The van der Waals surface area contributed by atoms with Gasteiger partial charge in [0.1, 0.15) is 5.75 Å². The summed E-state index contributed by atoms with van der Waals surface area (Å²) < 4.78 is 5.30. The quantitative estimate of drug-likeness (QED) is 0.786. The highest BCUT2D eigenvalue weighted by molar-refractivity contribution is 5.42. The molecule has 0 fully saturated rings. The van der Waals surface area contributed by atoms with Gasteiger partial charge in [-0.1, -0.05) is 19.1 Å². The first-order valence-electron chi connectivity index (χ1n) is 5.21. The van der Waals surface area contributed by atoms with Crippen LogP contribution in [0.15, 0.2) is 18.2 Å². The van der Waals surface area contributed by atoms with E-state index >= 15 is 0 Å². The summed E-state index contributed by atoms with van der Waals surface area (Å²) in [6.45, 7) is 4.43. The lowest BCUT2D eigenvalue weighted by atomic mass is 9.90. The minimum atomic E-state index is -0.531. The summed E-state index contributed by atoms with van der Waals surface area (Å²) in [7, 11) is 1.65. The van der Waals surface area contributed by atoms with Gasteiger partial charge < -0.3 is 16.2 Å². The molecule has 0 radical (unpaired) electrons. The molecule has 84 valence electrons. The lowest BCUT2D eigenvalue weighted by Crippen LogP contribution is -2.41. The van der Waals surface area contributed by atoms with Crippen LogP contribution in [0.25, 0.3) is 0 Å². The molecule has 0 saturated carbocycles. The Morgan fingerprint density at radius 1 is 1.40 bits per heavy atom. The van der Waals surface area contributed by atoms with E-state index in [0.29, 0.717) is 6.54 Å². The second-order valence-corrected chi connectivity index (χ2v) is 4.01. The lowest BCUT2D eigenvalue weighted by molar-refractivity contribution is 0.389. The third-order valence-corrected chi connectivity index (χ3v) is 2.71. The van der Waals surface area contributed by atoms with E-state index < -0.39 is 5.54 Å². The summed E-state index contributed by atoms with van der Waals surface area (Å²) in [5.41, 5.74) is 13.5. The molecule has 0 saturated heterocycles. The minimum absolute atomic E-state index is 0.399. The Labute approximate surface area is 91.4 Å². The predicted molar refractivity (Wildman–Crippen MR) is 63.0 cm³/mol. The van der Waals surface area contributed by atoms with Gasteiger partial charge in [-0.05, 0) is 25.0 Å². The van der Waals surface area contributed by atoms with Crippen molar-refractivity contribution in [3.8, 4) is 5.75 Å². The molecule has 4 N–H and O–H groups in total. The summed E-state index contributed by atoms with van der Waals surface area (Å²) >= 11 is 0. The SMILES string of the molecule is CCc1ccc(OC)c(C(C)(N)CN)c1. The van der Waals surface area contributed by atoms with Crippen molar-refractivity contribution in [1.82, 2.24) is 0 Å². The highest BCUT2D eigenvalue weighted by Gasteiger charge is 2.23. The second kappa shape index (κ2) is 4.64. The summed E-state index contributed by atoms with van der Waals surface area (Å²) in [5.74, 6) is 0.808. The van der Waals surface area contributed by atoms with E-state index in [1.54, 1.807) is 7.11 Å². The fraction of sp³-hybridized carbons (Fsp3) is 0.500. The maximum Gasteiger partial charge on any atom is 0.123 e. The van der Waals surface area contributed by atoms with E-state index in [1.165, 1.54) is 5.56 Å². The van der Waals surface area contributed by atoms with Crippen molar-refractivity contribution in [1.29, 1.82) is 0 Å². The zero-order valence-corrected chi connectivity index (χ0v) is 9.71. The molecule has 3 nitrogen and oxygen atoms in total. The van der Waals surface area contributed by atoms with E-state index in [1.807, 2.05) is 13.0 Å². The van der Waals surface area contributed by atoms with Gasteiger partial charge >= 0.3 is 0 Å². The van der Waals surface area contributed by atoms with E-state index in [2.05, 4.69) is 19.1 Å². The molecule has 0 aliphatic carbocycles. The summed E-state index contributed by atoms with van der Waals surface area (Å²) in [6, 6.07) is 6.08. The van der Waals surface area contributed by atoms with E-state index in [-0.39, 0.29) is 0 Å². The molecule has 1 aromatic carbocycles. The molecule has 0 aliphatic rings. The molecule has 1 unspecified atom stereocenters. The molecule has 0 aromatic heterocycles. The number of aryl methyl sites for hydroxylation is 1. The summed E-state index contributed by atoms with van der Waals surface area (Å²) in [6.07, 6.45) is 0.984. The average Bonchev–Trinajstić information content (AvgIpc) is 2.28. The molecule has 15 heavy (non-hydrogen) atoms. The molecular formula is C12H20N2O. The summed E-state index contributed by atoms with van der Waals surface area (Å²) in [5, 5.41) is 0. The van der Waals surface area contributed by atoms with Crippen molar-refractivity contribution < 1.29 is 4.74 Å². The van der Waals surface area contributed by atoms with Gasteiger partial charge in [0.05, 0.1) is 12.6 Å². The third-order valence-electron chi connectivity index (χ3n) is 2.71. The van der Waals surface area contributed by atoms with Crippen LogP contribution in [0.1, 0.15) is 25.0 Å². The Bertz CT molecular complexity index is 334. The largest absolute Gasteiger partial charge is 0.496 e.